The zero-order valence-corrected chi connectivity index (χ0v) is 5.92. The Morgan fingerprint density at radius 3 is 2.20 bits per heavy atom. The lowest BCUT2D eigenvalue weighted by Crippen LogP contribution is -3.09. The van der Waals surface area contributed by atoms with Crippen molar-refractivity contribution in [1.82, 2.24) is 0 Å². The van der Waals surface area contributed by atoms with Gasteiger partial charge in [-0.1, -0.05) is 0 Å². The largest absolute Gasteiger partial charge is 0.593 e. The second-order valence-electron chi connectivity index (χ2n) is 2.68. The summed E-state index contributed by atoms with van der Waals surface area (Å²) in [5.74, 6) is -0.963. The Kier molecular flexibility index (Phi) is 2.92. The molecular weight excluding hydrogens is 138 g/mol. The highest BCUT2D eigenvalue weighted by molar-refractivity contribution is 5.73. The van der Waals surface area contributed by atoms with Gasteiger partial charge < -0.3 is 10.3 Å². The smallest absolute Gasteiger partial charge is 0.352 e. The average molecular weight is 149 g/mol. The van der Waals surface area contributed by atoms with Crippen LogP contribution in [0.25, 0.3) is 0 Å². The highest BCUT2D eigenvalue weighted by atomic mass is 16.8. The maximum absolute atomic E-state index is 10.6. The number of hydrogen-bond donors (Lipinski definition) is 3. The topological polar surface area (TPSA) is 85.0 Å². The van der Waals surface area contributed by atoms with Crippen LogP contribution in [-0.4, -0.2) is 22.8 Å². The molecule has 0 spiro atoms. The molecule has 0 aromatic rings. The lowest BCUT2D eigenvalue weighted by atomic mass is 9.94. The zero-order chi connectivity index (χ0) is 8.36. The molecule has 3 N–H and O–H groups in total. The van der Waals surface area contributed by atoms with Crippen molar-refractivity contribution < 1.29 is 20.3 Å². The molecule has 10 heavy (non-hydrogen) atoms. The van der Waals surface area contributed by atoms with Crippen molar-refractivity contribution in [2.75, 3.05) is 6.61 Å². The van der Waals surface area contributed by atoms with Crippen molar-refractivity contribution in [3.8, 4) is 0 Å². The van der Waals surface area contributed by atoms with Gasteiger partial charge in [0.05, 0.1) is 6.61 Å². The quantitative estimate of drug-likeness (QED) is 0.323. The van der Waals surface area contributed by atoms with Crippen molar-refractivity contribution in [2.24, 2.45) is 5.41 Å². The molecule has 5 heteroatoms. The van der Waals surface area contributed by atoms with Crippen LogP contribution in [0.2, 0.25) is 0 Å². The highest BCUT2D eigenvalue weighted by Gasteiger charge is 2.32. The first kappa shape index (κ1) is 9.51. The first-order chi connectivity index (χ1) is 4.41. The molecule has 0 bridgehead atoms. The van der Waals surface area contributed by atoms with E-state index in [0.717, 1.165) is 0 Å². The molecular formula is C5H11NO4. The second kappa shape index (κ2) is 3.07. The summed E-state index contributed by atoms with van der Waals surface area (Å²) in [6.07, 6.45) is 0. The molecule has 0 saturated heterocycles. The fraction of sp³-hybridized carbons (Fsp3) is 0.800. The molecule has 1 unspecified atom stereocenters. The Balaban J connectivity index is 4.19. The summed E-state index contributed by atoms with van der Waals surface area (Å²) in [6, 6.07) is 0. The summed E-state index contributed by atoms with van der Waals surface area (Å²) >= 11 is 0. The molecule has 0 fully saturated rings. The van der Waals surface area contributed by atoms with Crippen LogP contribution in [0.15, 0.2) is 0 Å². The van der Waals surface area contributed by atoms with Crippen LogP contribution >= 0.6 is 0 Å². The fourth-order valence-electron chi connectivity index (χ4n) is 0.361. The van der Waals surface area contributed by atoms with Crippen molar-refractivity contribution in [2.45, 2.75) is 13.8 Å². The first-order valence-corrected chi connectivity index (χ1v) is 2.80. The number of aliphatic hydroxyl groups excluding tert-OH is 1. The number of hydrogen-bond acceptors (Lipinski definition) is 4. The van der Waals surface area contributed by atoms with Gasteiger partial charge in [-0.05, 0) is 13.8 Å². The molecule has 60 valence electrons. The molecule has 5 nitrogen and oxygen atoms in total. The summed E-state index contributed by atoms with van der Waals surface area (Å²) < 4.78 is 0. The van der Waals surface area contributed by atoms with Crippen LogP contribution < -0.4 is 5.23 Å². The van der Waals surface area contributed by atoms with Crippen LogP contribution in [0.5, 0.6) is 0 Å². The first-order valence-electron chi connectivity index (χ1n) is 2.80. The van der Waals surface area contributed by atoms with Crippen LogP contribution in [0.1, 0.15) is 13.8 Å². The lowest BCUT2D eigenvalue weighted by Gasteiger charge is -2.21. The van der Waals surface area contributed by atoms with Gasteiger partial charge in [-0.25, -0.2) is 10.0 Å². The van der Waals surface area contributed by atoms with E-state index >= 15 is 0 Å². The predicted octanol–water partition coefficient (Wildman–Crippen LogP) is -1.70. The monoisotopic (exact) mass is 149 g/mol. The van der Waals surface area contributed by atoms with E-state index in [1.54, 1.807) is 0 Å². The minimum absolute atomic E-state index is 0.446. The minimum atomic E-state index is -1.50. The Bertz CT molecular complexity index is 132. The van der Waals surface area contributed by atoms with Crippen molar-refractivity contribution in [3.05, 3.63) is 5.21 Å². The number of carbonyl (C=O) groups excluding carboxylic acids is 1. The molecule has 0 aliphatic rings. The van der Waals surface area contributed by atoms with Gasteiger partial charge in [0.25, 0.3) is 0 Å². The van der Waals surface area contributed by atoms with Gasteiger partial charge in [-0.3, -0.25) is 0 Å². The van der Waals surface area contributed by atoms with E-state index in [1.807, 2.05) is 0 Å². The third-order valence-electron chi connectivity index (χ3n) is 1.20. The molecule has 0 aliphatic carbocycles. The fourth-order valence-corrected chi connectivity index (χ4v) is 0.361. The van der Waals surface area contributed by atoms with Crippen LogP contribution in [-0.2, 0) is 4.79 Å². The summed E-state index contributed by atoms with van der Waals surface area (Å²) in [7, 11) is 0. The van der Waals surface area contributed by atoms with Crippen molar-refractivity contribution >= 4 is 5.91 Å². The Morgan fingerprint density at radius 1 is 1.70 bits per heavy atom. The van der Waals surface area contributed by atoms with Crippen molar-refractivity contribution in [3.63, 3.8) is 0 Å². The van der Waals surface area contributed by atoms with E-state index in [2.05, 4.69) is 0 Å². The van der Waals surface area contributed by atoms with E-state index in [9.17, 15) is 10.0 Å². The molecule has 0 radical (unpaired) electrons. The van der Waals surface area contributed by atoms with E-state index in [0.29, 0.717) is 0 Å². The summed E-state index contributed by atoms with van der Waals surface area (Å²) in [6.45, 7) is 2.31. The molecule has 0 rings (SSSR count). The zero-order valence-electron chi connectivity index (χ0n) is 5.92. The highest BCUT2D eigenvalue weighted by Crippen LogP contribution is 2.10. The van der Waals surface area contributed by atoms with Gasteiger partial charge in [0.2, 0.25) is 0 Å². The standard InChI is InChI=1S/C5H11NO4/c1-5(2,3-7)4(8)6(9)10/h6-7,9H,3H2,1-2H3. The number of hydroxylamine groups is 2. The maximum atomic E-state index is 10.6. The van der Waals surface area contributed by atoms with Gasteiger partial charge in [0.15, 0.2) is 0 Å². The normalized spacial score (nSPS) is 14.9. The number of rotatable bonds is 2. The van der Waals surface area contributed by atoms with Gasteiger partial charge >= 0.3 is 5.91 Å². The molecule has 0 heterocycles. The number of nitrogens with one attached hydrogen (secondary N) is 1. The number of quaternary nitrogens is 1. The van der Waals surface area contributed by atoms with Gasteiger partial charge in [-0.2, -0.15) is 5.23 Å². The summed E-state index contributed by atoms with van der Waals surface area (Å²) in [5, 5.41) is 25.3. The van der Waals surface area contributed by atoms with Crippen LogP contribution in [0.4, 0.5) is 0 Å². The average Bonchev–Trinajstić information content (AvgIpc) is 1.86. The number of amides is 1. The Labute approximate surface area is 58.4 Å². The van der Waals surface area contributed by atoms with Gasteiger partial charge in [0, 0.05) is 0 Å². The lowest BCUT2D eigenvalue weighted by molar-refractivity contribution is -0.980. The Hall–Kier alpha value is -0.490. The molecule has 0 aromatic carbocycles. The van der Waals surface area contributed by atoms with E-state index in [-0.39, 0.29) is 0 Å². The van der Waals surface area contributed by atoms with Crippen LogP contribution in [0.3, 0.4) is 0 Å². The van der Waals surface area contributed by atoms with Crippen molar-refractivity contribution in [1.29, 1.82) is 0 Å². The third kappa shape index (κ3) is 2.03. The number of carbonyl (C=O) groups is 1. The van der Waals surface area contributed by atoms with E-state index in [1.165, 1.54) is 13.8 Å². The second-order valence-corrected chi connectivity index (χ2v) is 2.68. The third-order valence-corrected chi connectivity index (χ3v) is 1.20. The van der Waals surface area contributed by atoms with E-state index in [4.69, 9.17) is 10.3 Å². The molecule has 1 amide bonds. The van der Waals surface area contributed by atoms with Crippen LogP contribution in [0, 0.1) is 10.6 Å². The molecule has 0 aromatic heterocycles. The molecule has 0 saturated carbocycles. The summed E-state index contributed by atoms with van der Waals surface area (Å²) in [5.41, 5.74) is -1.16. The van der Waals surface area contributed by atoms with Gasteiger partial charge in [-0.15, -0.1) is 0 Å². The molecule has 1 atom stereocenters. The maximum Gasteiger partial charge on any atom is 0.352 e. The van der Waals surface area contributed by atoms with E-state index < -0.39 is 23.2 Å². The number of aliphatic hydroxyl groups is 1. The summed E-state index contributed by atoms with van der Waals surface area (Å²) in [4.78, 5) is 10.6. The minimum Gasteiger partial charge on any atom is -0.593 e. The molecule has 0 aliphatic heterocycles. The van der Waals surface area contributed by atoms with Gasteiger partial charge in [0.1, 0.15) is 5.41 Å². The predicted molar refractivity (Wildman–Crippen MR) is 32.0 cm³/mol. The SMILES string of the molecule is CC(C)(CO)C(=O)[NH+]([O-])O. The Morgan fingerprint density at radius 2 is 2.10 bits per heavy atom.